The maximum atomic E-state index is 12.9. The number of allylic oxidation sites excluding steroid dienone is 35. The molecule has 0 amide bonds. The lowest BCUT2D eigenvalue weighted by atomic mass is 10.1. The highest BCUT2D eigenvalue weighted by molar-refractivity contribution is 5.72. The SMILES string of the molecule is CC/C=C\C/C=C\C/C=C\C/C=C\C/C=C\C/C=C\C/C=C\CCCCCCCC(=O)OCC(COC(=O)C/C=C\C/C=C\C/C=C\C/C=C\C/C=C\CC)OC(=O)CCCCCC/C=C\C/C=C\C/C=C\C/C=C\C/C=C\C/C=C\CC. The molecule has 0 aromatic carbocycles. The van der Waals surface area contributed by atoms with E-state index in [1.54, 1.807) is 6.08 Å². The lowest BCUT2D eigenvalue weighted by Gasteiger charge is -2.18. The van der Waals surface area contributed by atoms with Crippen molar-refractivity contribution in [3.63, 3.8) is 0 Å². The summed E-state index contributed by atoms with van der Waals surface area (Å²) < 4.78 is 16.8. The van der Waals surface area contributed by atoms with Crippen LogP contribution >= 0.6 is 0 Å². The van der Waals surface area contributed by atoms with Crippen molar-refractivity contribution < 1.29 is 28.6 Å². The van der Waals surface area contributed by atoms with Gasteiger partial charge in [0.15, 0.2) is 6.10 Å². The fourth-order valence-electron chi connectivity index (χ4n) is 7.79. The van der Waals surface area contributed by atoms with Crippen molar-refractivity contribution in [2.75, 3.05) is 13.2 Å². The average Bonchev–Trinajstić information content (AvgIpc) is 3.49. The highest BCUT2D eigenvalue weighted by atomic mass is 16.6. The van der Waals surface area contributed by atoms with Gasteiger partial charge in [0, 0.05) is 12.8 Å². The summed E-state index contributed by atoms with van der Waals surface area (Å²) in [6, 6.07) is 0. The van der Waals surface area contributed by atoms with Crippen LogP contribution in [0.1, 0.15) is 226 Å². The molecule has 6 nitrogen and oxygen atoms in total. The molecule has 0 aliphatic heterocycles. The van der Waals surface area contributed by atoms with Crippen molar-refractivity contribution >= 4 is 17.9 Å². The minimum absolute atomic E-state index is 0.104. The van der Waals surface area contributed by atoms with E-state index >= 15 is 0 Å². The third kappa shape index (κ3) is 66.4. The molecule has 0 heterocycles. The van der Waals surface area contributed by atoms with Crippen LogP contribution in [0, 0.1) is 0 Å². The molecule has 0 rings (SSSR count). The number of hydrogen-bond donors (Lipinski definition) is 0. The molecule has 1 unspecified atom stereocenters. The van der Waals surface area contributed by atoms with E-state index in [0.717, 1.165) is 173 Å². The van der Waals surface area contributed by atoms with Gasteiger partial charge in [-0.1, -0.05) is 272 Å². The van der Waals surface area contributed by atoms with Crippen LogP contribution in [-0.4, -0.2) is 37.2 Å². The van der Waals surface area contributed by atoms with Gasteiger partial charge in [-0.15, -0.1) is 0 Å². The normalized spacial score (nSPS) is 13.6. The van der Waals surface area contributed by atoms with Gasteiger partial charge >= 0.3 is 17.9 Å². The summed E-state index contributed by atoms with van der Waals surface area (Å²) >= 11 is 0. The molecule has 458 valence electrons. The Kier molecular flexibility index (Phi) is 63.1. The van der Waals surface area contributed by atoms with E-state index in [-0.39, 0.29) is 38.0 Å². The summed E-state index contributed by atoms with van der Waals surface area (Å²) in [6.45, 7) is 6.15. The summed E-state index contributed by atoms with van der Waals surface area (Å²) in [4.78, 5) is 38.3. The highest BCUT2D eigenvalue weighted by Crippen LogP contribution is 2.12. The number of carbonyl (C=O) groups excluding carboxylic acids is 3. The third-order valence-corrected chi connectivity index (χ3v) is 12.5. The van der Waals surface area contributed by atoms with Crippen molar-refractivity contribution in [1.82, 2.24) is 0 Å². The average molecular weight is 1140 g/mol. The molecule has 0 bridgehead atoms. The van der Waals surface area contributed by atoms with Gasteiger partial charge in [-0.25, -0.2) is 0 Å². The Balaban J connectivity index is 4.58. The minimum Gasteiger partial charge on any atom is -0.462 e. The second-order valence-electron chi connectivity index (χ2n) is 20.2. The topological polar surface area (TPSA) is 78.9 Å². The Morgan fingerprint density at radius 3 is 0.783 bits per heavy atom. The molecule has 0 spiro atoms. The van der Waals surface area contributed by atoms with Crippen LogP contribution < -0.4 is 0 Å². The molecule has 0 fully saturated rings. The Morgan fingerprint density at radius 1 is 0.253 bits per heavy atom. The van der Waals surface area contributed by atoms with Crippen LogP contribution in [0.25, 0.3) is 0 Å². The lowest BCUT2D eigenvalue weighted by Crippen LogP contribution is -2.30. The number of unbranched alkanes of at least 4 members (excludes halogenated alkanes) is 9. The number of esters is 3. The lowest BCUT2D eigenvalue weighted by molar-refractivity contribution is -0.166. The van der Waals surface area contributed by atoms with Gasteiger partial charge in [0.2, 0.25) is 0 Å². The highest BCUT2D eigenvalue weighted by Gasteiger charge is 2.19. The standard InChI is InChI=1S/C77H114O6/c1-4-7-10-13-16-19-22-25-28-30-32-34-36-37-38-39-41-42-44-46-49-52-55-58-61-64-67-70-76(79)82-73-74(72-81-75(78)69-66-63-60-57-54-51-48-27-24-21-18-15-12-9-6-3)83-77(80)71-68-65-62-59-56-53-50-47-45-43-40-35-33-31-29-26-23-20-17-14-11-8-5-2/h7-12,16-21,25-29,32-35,37-38,41-43,45-46,48-50,53-54,57,63,66,74H,4-6,13-15,22-24,30-31,36,39-40,44,47,51-52,55-56,58-62,64-65,67-73H2,1-3H3/b10-7-,11-8-,12-9-,19-16-,20-17-,21-18-,28-25-,29-26-,34-32-,35-33-,38-37-,42-41-,45-43-,48-27-,49-46-,53-50-,57-54-,66-63-. The van der Waals surface area contributed by atoms with Gasteiger partial charge in [0.1, 0.15) is 13.2 Å². The van der Waals surface area contributed by atoms with Gasteiger partial charge in [-0.05, 0) is 154 Å². The number of carbonyl (C=O) groups is 3. The summed E-state index contributed by atoms with van der Waals surface area (Å²) in [5.41, 5.74) is 0. The molecule has 0 radical (unpaired) electrons. The summed E-state index contributed by atoms with van der Waals surface area (Å²) in [5.74, 6) is -1.13. The molecule has 0 aromatic rings. The fraction of sp³-hybridized carbons (Fsp3) is 0.494. The zero-order chi connectivity index (χ0) is 59.9. The predicted octanol–water partition coefficient (Wildman–Crippen LogP) is 22.5. The van der Waals surface area contributed by atoms with Crippen LogP contribution in [-0.2, 0) is 28.6 Å². The van der Waals surface area contributed by atoms with Crippen molar-refractivity contribution in [2.24, 2.45) is 0 Å². The Hall–Kier alpha value is -6.27. The van der Waals surface area contributed by atoms with Gasteiger partial charge in [-0.2, -0.15) is 0 Å². The summed E-state index contributed by atoms with van der Waals surface area (Å²) in [7, 11) is 0. The molecule has 0 aliphatic carbocycles. The van der Waals surface area contributed by atoms with Crippen LogP contribution in [0.2, 0.25) is 0 Å². The molecule has 0 saturated heterocycles. The van der Waals surface area contributed by atoms with Crippen molar-refractivity contribution in [2.45, 2.75) is 232 Å². The zero-order valence-electron chi connectivity index (χ0n) is 52.4. The van der Waals surface area contributed by atoms with E-state index < -0.39 is 12.1 Å². The van der Waals surface area contributed by atoms with Crippen molar-refractivity contribution in [3.8, 4) is 0 Å². The van der Waals surface area contributed by atoms with Gasteiger partial charge in [0.25, 0.3) is 0 Å². The van der Waals surface area contributed by atoms with Gasteiger partial charge in [0.05, 0.1) is 6.42 Å². The van der Waals surface area contributed by atoms with E-state index in [2.05, 4.69) is 227 Å². The molecule has 1 atom stereocenters. The van der Waals surface area contributed by atoms with Crippen LogP contribution in [0.15, 0.2) is 219 Å². The number of ether oxygens (including phenoxy) is 3. The molecule has 0 aromatic heterocycles. The third-order valence-electron chi connectivity index (χ3n) is 12.5. The second kappa shape index (κ2) is 68.2. The van der Waals surface area contributed by atoms with E-state index in [1.807, 2.05) is 6.08 Å². The van der Waals surface area contributed by atoms with E-state index in [1.165, 1.54) is 0 Å². The van der Waals surface area contributed by atoms with Gasteiger partial charge in [-0.3, -0.25) is 14.4 Å². The second-order valence-corrected chi connectivity index (χ2v) is 20.2. The largest absolute Gasteiger partial charge is 0.462 e. The van der Waals surface area contributed by atoms with E-state index in [4.69, 9.17) is 14.2 Å². The van der Waals surface area contributed by atoms with Crippen molar-refractivity contribution in [1.29, 1.82) is 0 Å². The summed E-state index contributed by atoms with van der Waals surface area (Å²) in [5, 5.41) is 0. The molecular weight excluding hydrogens is 1020 g/mol. The number of rotatable bonds is 55. The first-order chi connectivity index (χ1) is 41.0. The predicted molar refractivity (Wildman–Crippen MR) is 361 cm³/mol. The molecule has 83 heavy (non-hydrogen) atoms. The molecule has 6 heteroatoms. The van der Waals surface area contributed by atoms with E-state index in [0.29, 0.717) is 19.3 Å². The van der Waals surface area contributed by atoms with Crippen molar-refractivity contribution in [3.05, 3.63) is 219 Å². The fourth-order valence-corrected chi connectivity index (χ4v) is 7.79. The monoisotopic (exact) mass is 1130 g/mol. The number of hydrogen-bond acceptors (Lipinski definition) is 6. The quantitative estimate of drug-likeness (QED) is 0.0261. The maximum absolute atomic E-state index is 12.9. The summed E-state index contributed by atoms with van der Waals surface area (Å²) in [6.07, 6.45) is 107. The maximum Gasteiger partial charge on any atom is 0.309 e. The minimum atomic E-state index is -0.857. The Labute approximate surface area is 508 Å². The smallest absolute Gasteiger partial charge is 0.309 e. The molecule has 0 aliphatic rings. The Morgan fingerprint density at radius 2 is 0.482 bits per heavy atom. The Bertz CT molecular complexity index is 2080. The van der Waals surface area contributed by atoms with Crippen LogP contribution in [0.3, 0.4) is 0 Å². The zero-order valence-corrected chi connectivity index (χ0v) is 52.4. The van der Waals surface area contributed by atoms with Gasteiger partial charge < -0.3 is 14.2 Å². The van der Waals surface area contributed by atoms with Crippen LogP contribution in [0.5, 0.6) is 0 Å². The first-order valence-corrected chi connectivity index (χ1v) is 32.2. The molecule has 0 N–H and O–H groups in total. The molecular formula is C77H114O6. The molecule has 0 saturated carbocycles. The van der Waals surface area contributed by atoms with E-state index in [9.17, 15) is 14.4 Å². The first kappa shape index (κ1) is 76.7. The first-order valence-electron chi connectivity index (χ1n) is 32.2. The van der Waals surface area contributed by atoms with Crippen LogP contribution in [0.4, 0.5) is 0 Å².